The van der Waals surface area contributed by atoms with Gasteiger partial charge in [0.15, 0.2) is 0 Å². The molecule has 0 N–H and O–H groups in total. The van der Waals surface area contributed by atoms with Gasteiger partial charge in [-0.2, -0.15) is 0 Å². The van der Waals surface area contributed by atoms with Crippen molar-refractivity contribution >= 4 is 27.8 Å². The van der Waals surface area contributed by atoms with Crippen molar-refractivity contribution in [3.63, 3.8) is 0 Å². The maximum absolute atomic E-state index is 13.7. The van der Waals surface area contributed by atoms with Gasteiger partial charge in [-0.25, -0.2) is 9.97 Å². The molecular formula is C26H34BrN5O3. The van der Waals surface area contributed by atoms with Crippen LogP contribution in [0.25, 0.3) is 0 Å². The summed E-state index contributed by atoms with van der Waals surface area (Å²) in [6, 6.07) is 0.793. The number of methoxy groups -OCH3 is 2. The van der Waals surface area contributed by atoms with Gasteiger partial charge in [0.25, 0.3) is 5.91 Å². The molecule has 9 heteroatoms. The lowest BCUT2D eigenvalue weighted by Gasteiger charge is -2.43. The minimum Gasteiger partial charge on any atom is -0.500 e. The average Bonchev–Trinajstić information content (AvgIpc) is 3.16. The van der Waals surface area contributed by atoms with Crippen LogP contribution in [-0.4, -0.2) is 85.2 Å². The van der Waals surface area contributed by atoms with Gasteiger partial charge in [-0.05, 0) is 37.0 Å². The van der Waals surface area contributed by atoms with Crippen molar-refractivity contribution in [1.82, 2.24) is 19.8 Å². The number of hydrogen-bond acceptors (Lipinski definition) is 7. The van der Waals surface area contributed by atoms with Crippen LogP contribution in [0.15, 0.2) is 39.9 Å². The number of allylic oxidation sites excluding steroid dienone is 3. The van der Waals surface area contributed by atoms with Crippen molar-refractivity contribution < 1.29 is 14.3 Å². The lowest BCUT2D eigenvalue weighted by molar-refractivity contribution is -0.127. The third-order valence-corrected chi connectivity index (χ3v) is 8.18. The van der Waals surface area contributed by atoms with E-state index in [2.05, 4.69) is 25.7 Å². The normalized spacial score (nSPS) is 21.9. The summed E-state index contributed by atoms with van der Waals surface area (Å²) in [5.41, 5.74) is 2.68. The highest BCUT2D eigenvalue weighted by Crippen LogP contribution is 2.31. The molecule has 1 aromatic rings. The van der Waals surface area contributed by atoms with E-state index in [1.54, 1.807) is 14.2 Å². The molecule has 2 aliphatic heterocycles. The number of ether oxygens (including phenoxy) is 2. The predicted molar refractivity (Wildman–Crippen MR) is 138 cm³/mol. The molecule has 0 spiro atoms. The van der Waals surface area contributed by atoms with Crippen LogP contribution in [0, 0.1) is 0 Å². The molecule has 5 rings (SSSR count). The van der Waals surface area contributed by atoms with Gasteiger partial charge in [-0.15, -0.1) is 0 Å². The Kier molecular flexibility index (Phi) is 7.43. The molecule has 35 heavy (non-hydrogen) atoms. The molecule has 8 nitrogen and oxygen atoms in total. The smallest absolute Gasteiger partial charge is 0.261 e. The van der Waals surface area contributed by atoms with E-state index < -0.39 is 0 Å². The van der Waals surface area contributed by atoms with Crippen LogP contribution in [0.2, 0.25) is 0 Å². The van der Waals surface area contributed by atoms with Gasteiger partial charge >= 0.3 is 0 Å². The first-order valence-corrected chi connectivity index (χ1v) is 13.4. The van der Waals surface area contributed by atoms with E-state index in [1.165, 1.54) is 19.3 Å². The number of rotatable bonds is 5. The standard InChI is InChI=1S/C26H34BrN5O3/c1-34-22-7-6-19(27)16-23(35-2)24(22)25(33)31-10-8-18-17-28-26(29-21(18)9-11-31)32-14-12-30(13-15-32)20-4-3-5-20/h6-7,17,20H,3-5,8-16H2,1-2H3. The zero-order valence-corrected chi connectivity index (χ0v) is 22.2. The van der Waals surface area contributed by atoms with Crippen LogP contribution in [0.1, 0.15) is 36.9 Å². The first kappa shape index (κ1) is 24.3. The van der Waals surface area contributed by atoms with E-state index in [4.69, 9.17) is 19.4 Å². The van der Waals surface area contributed by atoms with E-state index in [0.717, 1.165) is 60.3 Å². The summed E-state index contributed by atoms with van der Waals surface area (Å²) in [6.07, 6.45) is 11.7. The van der Waals surface area contributed by atoms with E-state index in [1.807, 2.05) is 23.2 Å². The third-order valence-electron chi connectivity index (χ3n) is 7.64. The predicted octanol–water partition coefficient (Wildman–Crippen LogP) is 3.19. The fourth-order valence-corrected chi connectivity index (χ4v) is 5.66. The molecule has 2 fully saturated rings. The Hall–Kier alpha value is -2.39. The maximum atomic E-state index is 13.7. The van der Waals surface area contributed by atoms with E-state index in [-0.39, 0.29) is 5.91 Å². The largest absolute Gasteiger partial charge is 0.500 e. The Morgan fingerprint density at radius 2 is 1.80 bits per heavy atom. The summed E-state index contributed by atoms with van der Waals surface area (Å²) in [4.78, 5) is 30.2. The van der Waals surface area contributed by atoms with Gasteiger partial charge < -0.3 is 19.3 Å². The van der Waals surface area contributed by atoms with E-state index >= 15 is 0 Å². The molecule has 0 atom stereocenters. The molecule has 1 saturated carbocycles. The number of amides is 1. The van der Waals surface area contributed by atoms with Crippen molar-refractivity contribution in [3.05, 3.63) is 51.2 Å². The van der Waals surface area contributed by atoms with Gasteiger partial charge in [0.1, 0.15) is 17.1 Å². The Bertz CT molecular complexity index is 1060. The molecule has 4 aliphatic rings. The minimum atomic E-state index is -0.0707. The van der Waals surface area contributed by atoms with Crippen molar-refractivity contribution in [2.24, 2.45) is 0 Å². The zero-order valence-electron chi connectivity index (χ0n) is 20.6. The summed E-state index contributed by atoms with van der Waals surface area (Å²) in [6.45, 7) is 5.34. The number of nitrogens with zero attached hydrogens (tertiary/aromatic N) is 5. The van der Waals surface area contributed by atoms with Crippen LogP contribution < -0.4 is 4.90 Å². The number of fused-ring (bicyclic) bond motifs is 1. The molecule has 1 amide bonds. The number of halogens is 1. The van der Waals surface area contributed by atoms with Gasteiger partial charge in [-0.1, -0.05) is 22.4 Å². The molecule has 188 valence electrons. The molecule has 3 heterocycles. The average molecular weight is 544 g/mol. The quantitative estimate of drug-likeness (QED) is 0.564. The Balaban J connectivity index is 1.28. The highest BCUT2D eigenvalue weighted by molar-refractivity contribution is 9.11. The van der Waals surface area contributed by atoms with Crippen molar-refractivity contribution in [2.45, 2.75) is 44.6 Å². The summed E-state index contributed by atoms with van der Waals surface area (Å²) in [5.74, 6) is 1.88. The lowest BCUT2D eigenvalue weighted by atomic mass is 9.91. The Labute approximate surface area is 215 Å². The second kappa shape index (κ2) is 10.7. The molecular weight excluding hydrogens is 510 g/mol. The summed E-state index contributed by atoms with van der Waals surface area (Å²) < 4.78 is 12.1. The number of aromatic nitrogens is 2. The Morgan fingerprint density at radius 3 is 2.49 bits per heavy atom. The van der Waals surface area contributed by atoms with Crippen LogP contribution >= 0.6 is 15.9 Å². The number of carbonyl (C=O) groups is 1. The molecule has 1 saturated heterocycles. The first-order valence-electron chi connectivity index (χ1n) is 12.6. The summed E-state index contributed by atoms with van der Waals surface area (Å²) in [7, 11) is 3.18. The fraction of sp³-hybridized carbons (Fsp3) is 0.577. The Morgan fingerprint density at radius 1 is 1.03 bits per heavy atom. The number of anilines is 1. The molecule has 0 radical (unpaired) electrons. The van der Waals surface area contributed by atoms with Gasteiger partial charge in [0.2, 0.25) is 5.95 Å². The lowest BCUT2D eigenvalue weighted by Crippen LogP contribution is -2.52. The van der Waals surface area contributed by atoms with E-state index in [9.17, 15) is 4.79 Å². The molecule has 1 aromatic heterocycles. The maximum Gasteiger partial charge on any atom is 0.261 e. The van der Waals surface area contributed by atoms with Crippen LogP contribution in [0.3, 0.4) is 0 Å². The third kappa shape index (κ3) is 5.11. The van der Waals surface area contributed by atoms with Crippen LogP contribution in [-0.2, 0) is 27.1 Å². The van der Waals surface area contributed by atoms with E-state index in [0.29, 0.717) is 43.0 Å². The van der Waals surface area contributed by atoms with Gasteiger partial charge in [-0.3, -0.25) is 9.69 Å². The number of piperazine rings is 1. The second-order valence-electron chi connectivity index (χ2n) is 9.57. The number of carbonyl (C=O) groups excluding carboxylic acids is 1. The minimum absolute atomic E-state index is 0.0707. The fourth-order valence-electron chi connectivity index (χ4n) is 5.27. The molecule has 0 unspecified atom stereocenters. The summed E-state index contributed by atoms with van der Waals surface area (Å²) >= 11 is 3.54. The van der Waals surface area contributed by atoms with Crippen LogP contribution in [0.5, 0.6) is 0 Å². The summed E-state index contributed by atoms with van der Waals surface area (Å²) in [5, 5.41) is 0. The highest BCUT2D eigenvalue weighted by atomic mass is 79.9. The molecule has 0 bridgehead atoms. The number of hydrogen-bond donors (Lipinski definition) is 0. The molecule has 2 aliphatic carbocycles. The van der Waals surface area contributed by atoms with Gasteiger partial charge in [0.05, 0.1) is 19.9 Å². The van der Waals surface area contributed by atoms with Crippen LogP contribution in [0.4, 0.5) is 5.95 Å². The van der Waals surface area contributed by atoms with Crippen molar-refractivity contribution in [1.29, 1.82) is 0 Å². The van der Waals surface area contributed by atoms with Crippen molar-refractivity contribution in [3.8, 4) is 0 Å². The second-order valence-corrected chi connectivity index (χ2v) is 10.6. The SMILES string of the molecule is COC1=CC=C(Br)CC(OC)=C1C(=O)N1CCc2cnc(N3CCN(C4CCC4)CC3)nc2CC1. The van der Waals surface area contributed by atoms with Crippen molar-refractivity contribution in [2.75, 3.05) is 58.4 Å². The monoisotopic (exact) mass is 543 g/mol. The van der Waals surface area contributed by atoms with Gasteiger partial charge in [0, 0.05) is 68.8 Å². The topological polar surface area (TPSA) is 71.0 Å². The molecule has 0 aromatic carbocycles. The highest BCUT2D eigenvalue weighted by Gasteiger charge is 2.31. The zero-order chi connectivity index (χ0) is 24.4. The first-order chi connectivity index (χ1) is 17.1.